The van der Waals surface area contributed by atoms with E-state index in [4.69, 9.17) is 4.74 Å². The zero-order valence-electron chi connectivity index (χ0n) is 13.2. The molecule has 0 bridgehead atoms. The SMILES string of the molecule is Cc1c(/C=C/C2CCC2)ccc(OCC2CC2)c1OC(F)(F)F. The van der Waals surface area contributed by atoms with Gasteiger partial charge in [-0.1, -0.05) is 24.6 Å². The second-order valence-electron chi connectivity index (χ2n) is 6.46. The van der Waals surface area contributed by atoms with Gasteiger partial charge in [0.05, 0.1) is 6.61 Å². The Hall–Kier alpha value is -1.65. The maximum atomic E-state index is 12.7. The highest BCUT2D eigenvalue weighted by Crippen LogP contribution is 2.39. The van der Waals surface area contributed by atoms with E-state index in [2.05, 4.69) is 10.8 Å². The predicted octanol–water partition coefficient (Wildman–Crippen LogP) is 5.50. The first-order valence-electron chi connectivity index (χ1n) is 8.13. The van der Waals surface area contributed by atoms with E-state index in [1.165, 1.54) is 6.42 Å². The van der Waals surface area contributed by atoms with Crippen LogP contribution in [0.4, 0.5) is 13.2 Å². The van der Waals surface area contributed by atoms with Crippen LogP contribution in [-0.4, -0.2) is 13.0 Å². The largest absolute Gasteiger partial charge is 0.573 e. The molecule has 2 saturated carbocycles. The van der Waals surface area contributed by atoms with Crippen LogP contribution in [0.3, 0.4) is 0 Å². The molecule has 1 aromatic carbocycles. The number of allylic oxidation sites excluding steroid dienone is 1. The Morgan fingerprint density at radius 3 is 2.48 bits per heavy atom. The first-order valence-corrected chi connectivity index (χ1v) is 8.13. The third kappa shape index (κ3) is 4.43. The van der Waals surface area contributed by atoms with Crippen molar-refractivity contribution in [2.45, 2.75) is 45.4 Å². The average molecular weight is 326 g/mol. The Balaban J connectivity index is 1.82. The summed E-state index contributed by atoms with van der Waals surface area (Å²) in [6.45, 7) is 2.09. The highest BCUT2D eigenvalue weighted by molar-refractivity contribution is 5.62. The van der Waals surface area contributed by atoms with Crippen molar-refractivity contribution in [2.24, 2.45) is 11.8 Å². The Kier molecular flexibility index (Phi) is 4.55. The standard InChI is InChI=1S/C18H21F3O2/c1-12-15(8-7-13-3-2-4-13)9-10-16(22-11-14-5-6-14)17(12)23-18(19,20)21/h7-10,13-14H,2-6,11H2,1H3/b8-7+. The molecule has 2 nitrogen and oxygen atoms in total. The van der Waals surface area contributed by atoms with Crippen LogP contribution in [0.5, 0.6) is 11.5 Å². The molecule has 23 heavy (non-hydrogen) atoms. The second-order valence-corrected chi connectivity index (χ2v) is 6.46. The van der Waals surface area contributed by atoms with E-state index in [1.807, 2.05) is 6.08 Å². The summed E-state index contributed by atoms with van der Waals surface area (Å²) in [6, 6.07) is 3.38. The molecule has 2 fully saturated rings. The molecule has 126 valence electrons. The lowest BCUT2D eigenvalue weighted by molar-refractivity contribution is -0.275. The van der Waals surface area contributed by atoms with Crippen molar-refractivity contribution in [2.75, 3.05) is 6.61 Å². The van der Waals surface area contributed by atoms with E-state index in [1.54, 1.807) is 19.1 Å². The molecule has 0 aliphatic heterocycles. The van der Waals surface area contributed by atoms with Gasteiger partial charge in [-0.25, -0.2) is 0 Å². The monoisotopic (exact) mass is 326 g/mol. The van der Waals surface area contributed by atoms with E-state index in [0.29, 0.717) is 24.0 Å². The van der Waals surface area contributed by atoms with Gasteiger partial charge in [-0.3, -0.25) is 0 Å². The van der Waals surface area contributed by atoms with Gasteiger partial charge in [0.1, 0.15) is 0 Å². The second kappa shape index (κ2) is 6.46. The van der Waals surface area contributed by atoms with Gasteiger partial charge in [-0.15, -0.1) is 13.2 Å². The molecule has 1 aromatic rings. The summed E-state index contributed by atoms with van der Waals surface area (Å²) in [5.74, 6) is 0.973. The van der Waals surface area contributed by atoms with Crippen LogP contribution in [0.15, 0.2) is 18.2 Å². The topological polar surface area (TPSA) is 18.5 Å². The lowest BCUT2D eigenvalue weighted by Gasteiger charge is -2.22. The van der Waals surface area contributed by atoms with Crippen LogP contribution in [-0.2, 0) is 0 Å². The van der Waals surface area contributed by atoms with E-state index in [0.717, 1.165) is 31.2 Å². The average Bonchev–Trinajstić information content (AvgIpc) is 3.22. The van der Waals surface area contributed by atoms with Crippen molar-refractivity contribution in [3.63, 3.8) is 0 Å². The minimum absolute atomic E-state index is 0.174. The first kappa shape index (κ1) is 16.2. The van der Waals surface area contributed by atoms with Crippen LogP contribution in [0, 0.1) is 18.8 Å². The number of benzene rings is 1. The number of alkyl halides is 3. The summed E-state index contributed by atoms with van der Waals surface area (Å²) in [5, 5.41) is 0. The summed E-state index contributed by atoms with van der Waals surface area (Å²) in [6.07, 6.45) is 4.95. The fourth-order valence-electron chi connectivity index (χ4n) is 2.58. The lowest BCUT2D eigenvalue weighted by atomic mass is 9.85. The van der Waals surface area contributed by atoms with Crippen molar-refractivity contribution in [1.29, 1.82) is 0 Å². The van der Waals surface area contributed by atoms with Gasteiger partial charge in [0, 0.05) is 5.56 Å². The maximum absolute atomic E-state index is 12.7. The Labute approximate surface area is 134 Å². The molecule has 0 unspecified atom stereocenters. The molecular formula is C18H21F3O2. The Morgan fingerprint density at radius 1 is 1.17 bits per heavy atom. The molecule has 0 N–H and O–H groups in total. The Bertz CT molecular complexity index is 585. The van der Waals surface area contributed by atoms with Crippen LogP contribution < -0.4 is 9.47 Å². The molecule has 5 heteroatoms. The van der Waals surface area contributed by atoms with Crippen molar-refractivity contribution < 1.29 is 22.6 Å². The van der Waals surface area contributed by atoms with Gasteiger partial charge < -0.3 is 9.47 Å². The summed E-state index contributed by atoms with van der Waals surface area (Å²) in [4.78, 5) is 0. The van der Waals surface area contributed by atoms with Crippen LogP contribution in [0.25, 0.3) is 6.08 Å². The molecule has 0 heterocycles. The van der Waals surface area contributed by atoms with E-state index in [-0.39, 0.29) is 11.5 Å². The van der Waals surface area contributed by atoms with E-state index in [9.17, 15) is 13.2 Å². The smallest absolute Gasteiger partial charge is 0.489 e. The van der Waals surface area contributed by atoms with Crippen LogP contribution >= 0.6 is 0 Å². The fourth-order valence-corrected chi connectivity index (χ4v) is 2.58. The van der Waals surface area contributed by atoms with Gasteiger partial charge in [-0.2, -0.15) is 0 Å². The van der Waals surface area contributed by atoms with Gasteiger partial charge in [-0.05, 0) is 56.1 Å². The maximum Gasteiger partial charge on any atom is 0.573 e. The fraction of sp³-hybridized carbons (Fsp3) is 0.556. The first-order chi connectivity index (χ1) is 10.9. The molecule has 0 aromatic heterocycles. The summed E-state index contributed by atoms with van der Waals surface area (Å²) >= 11 is 0. The molecule has 0 amide bonds. The van der Waals surface area contributed by atoms with Gasteiger partial charge >= 0.3 is 6.36 Å². The third-order valence-electron chi connectivity index (χ3n) is 4.50. The minimum Gasteiger partial charge on any atom is -0.489 e. The van der Waals surface area contributed by atoms with Gasteiger partial charge in [0.25, 0.3) is 0 Å². The molecule has 0 atom stereocenters. The minimum atomic E-state index is -4.72. The number of ether oxygens (including phenoxy) is 2. The van der Waals surface area contributed by atoms with Crippen molar-refractivity contribution in [3.8, 4) is 11.5 Å². The molecule has 3 rings (SSSR count). The predicted molar refractivity (Wildman–Crippen MR) is 82.5 cm³/mol. The zero-order chi connectivity index (χ0) is 16.4. The van der Waals surface area contributed by atoms with Crippen LogP contribution in [0.1, 0.15) is 43.2 Å². The summed E-state index contributed by atoms with van der Waals surface area (Å²) in [5.41, 5.74) is 1.21. The number of hydrogen-bond acceptors (Lipinski definition) is 2. The van der Waals surface area contributed by atoms with Crippen molar-refractivity contribution >= 4 is 6.08 Å². The molecule has 0 saturated heterocycles. The van der Waals surface area contributed by atoms with Crippen molar-refractivity contribution in [3.05, 3.63) is 29.3 Å². The number of hydrogen-bond donors (Lipinski definition) is 0. The molecule has 2 aliphatic rings. The van der Waals surface area contributed by atoms with Crippen molar-refractivity contribution in [1.82, 2.24) is 0 Å². The summed E-state index contributed by atoms with van der Waals surface area (Å²) < 4.78 is 48.0. The highest BCUT2D eigenvalue weighted by Gasteiger charge is 2.34. The zero-order valence-corrected chi connectivity index (χ0v) is 13.2. The molecule has 0 spiro atoms. The number of halogens is 3. The van der Waals surface area contributed by atoms with E-state index >= 15 is 0 Å². The number of rotatable bonds is 6. The molecule has 2 aliphatic carbocycles. The van der Waals surface area contributed by atoms with Gasteiger partial charge in [0.2, 0.25) is 0 Å². The highest BCUT2D eigenvalue weighted by atomic mass is 19.4. The third-order valence-corrected chi connectivity index (χ3v) is 4.50. The summed E-state index contributed by atoms with van der Waals surface area (Å²) in [7, 11) is 0. The lowest BCUT2D eigenvalue weighted by Crippen LogP contribution is -2.19. The van der Waals surface area contributed by atoms with Gasteiger partial charge in [0.15, 0.2) is 11.5 Å². The Morgan fingerprint density at radius 2 is 1.91 bits per heavy atom. The molecular weight excluding hydrogens is 305 g/mol. The van der Waals surface area contributed by atoms with E-state index < -0.39 is 6.36 Å². The molecule has 0 radical (unpaired) electrons. The van der Waals surface area contributed by atoms with Crippen LogP contribution in [0.2, 0.25) is 0 Å². The quantitative estimate of drug-likeness (QED) is 0.687. The normalized spacial score (nSPS) is 19.0.